The number of anilines is 1. The van der Waals surface area contributed by atoms with E-state index in [2.05, 4.69) is 42.0 Å². The average molecular weight is 542 g/mol. The van der Waals surface area contributed by atoms with Gasteiger partial charge < -0.3 is 10.0 Å². The number of nitrogens with zero attached hydrogens (tertiary/aromatic N) is 3. The van der Waals surface area contributed by atoms with Crippen LogP contribution in [0.1, 0.15) is 77.2 Å². The van der Waals surface area contributed by atoms with Crippen molar-refractivity contribution in [1.82, 2.24) is 9.88 Å². The summed E-state index contributed by atoms with van der Waals surface area (Å²) in [6, 6.07) is 2.77. The molecule has 0 aromatic carbocycles. The molecule has 1 aromatic heterocycles. The Labute approximate surface area is 230 Å². The second-order valence-corrected chi connectivity index (χ2v) is 13.0. The molecule has 4 nitrogen and oxygen atoms in total. The van der Waals surface area contributed by atoms with Gasteiger partial charge in [-0.3, -0.25) is 4.90 Å². The minimum absolute atomic E-state index is 0.0483. The van der Waals surface area contributed by atoms with Crippen molar-refractivity contribution in [3.63, 3.8) is 0 Å². The standard InChI is InChI=1S/C32H42F3N3O/c1-4-6-27(37(3)29-18-23(12-15-36-29)32(33,34)35)25-11-13-30(2)28-17-22-7-5-8-24(39)19-26(22)31(25,30)14-16-38(28)20-21-9-10-21/h5,7,12,15,18-19,21,25,27-28,39H,4,6,8-11,13-14,16-17,20H2,1-3H3. The van der Waals surface area contributed by atoms with Gasteiger partial charge in [-0.2, -0.15) is 13.2 Å². The van der Waals surface area contributed by atoms with Gasteiger partial charge in [0.25, 0.3) is 0 Å². The first-order chi connectivity index (χ1) is 18.6. The van der Waals surface area contributed by atoms with Crippen LogP contribution in [0.15, 0.2) is 53.5 Å². The van der Waals surface area contributed by atoms with Crippen molar-refractivity contribution < 1.29 is 18.3 Å². The van der Waals surface area contributed by atoms with Crippen molar-refractivity contribution in [3.05, 3.63) is 59.0 Å². The zero-order valence-electron chi connectivity index (χ0n) is 23.5. The number of hydrogen-bond acceptors (Lipinski definition) is 4. The summed E-state index contributed by atoms with van der Waals surface area (Å²) in [5, 5.41) is 10.9. The molecule has 1 saturated heterocycles. The number of piperidine rings is 1. The van der Waals surface area contributed by atoms with Gasteiger partial charge in [-0.05, 0) is 98.1 Å². The topological polar surface area (TPSA) is 39.6 Å². The minimum Gasteiger partial charge on any atom is -0.512 e. The lowest BCUT2D eigenvalue weighted by atomic mass is 9.47. The molecule has 2 bridgehead atoms. The maximum Gasteiger partial charge on any atom is 0.416 e. The third-order valence-electron chi connectivity index (χ3n) is 11.0. The molecule has 7 heteroatoms. The summed E-state index contributed by atoms with van der Waals surface area (Å²) in [6.45, 7) is 6.89. The van der Waals surface area contributed by atoms with E-state index in [4.69, 9.17) is 0 Å². The summed E-state index contributed by atoms with van der Waals surface area (Å²) in [7, 11) is 1.94. The fraction of sp³-hybridized carbons (Fsp3) is 0.656. The van der Waals surface area contributed by atoms with E-state index in [0.29, 0.717) is 24.0 Å². The van der Waals surface area contributed by atoms with E-state index in [1.807, 2.05) is 11.9 Å². The van der Waals surface area contributed by atoms with E-state index >= 15 is 0 Å². The molecule has 4 aliphatic carbocycles. The highest BCUT2D eigenvalue weighted by atomic mass is 19.4. The average Bonchev–Trinajstić information content (AvgIpc) is 3.68. The van der Waals surface area contributed by atoms with Gasteiger partial charge in [-0.1, -0.05) is 32.4 Å². The van der Waals surface area contributed by atoms with Gasteiger partial charge in [0.05, 0.1) is 11.3 Å². The van der Waals surface area contributed by atoms with Crippen molar-refractivity contribution in [1.29, 1.82) is 0 Å². The molecule has 5 aliphatic rings. The Balaban J connectivity index is 1.45. The summed E-state index contributed by atoms with van der Waals surface area (Å²) < 4.78 is 40.9. The fourth-order valence-electron chi connectivity index (χ4n) is 8.98. The molecule has 2 heterocycles. The van der Waals surface area contributed by atoms with Crippen LogP contribution in [0.2, 0.25) is 0 Å². The summed E-state index contributed by atoms with van der Waals surface area (Å²) in [6.07, 6.45) is 12.6. The van der Waals surface area contributed by atoms with Crippen LogP contribution in [0.4, 0.5) is 19.0 Å². The Kier molecular flexibility index (Phi) is 6.68. The third-order valence-corrected chi connectivity index (χ3v) is 11.0. The van der Waals surface area contributed by atoms with Crippen LogP contribution >= 0.6 is 0 Å². The molecule has 39 heavy (non-hydrogen) atoms. The second-order valence-electron chi connectivity index (χ2n) is 13.0. The molecule has 0 radical (unpaired) electrons. The minimum atomic E-state index is -4.40. The summed E-state index contributed by atoms with van der Waals surface area (Å²) in [5.41, 5.74) is 1.91. The maximum absolute atomic E-state index is 13.6. The smallest absolute Gasteiger partial charge is 0.416 e. The molecule has 3 fully saturated rings. The molecule has 2 saturated carbocycles. The number of pyridine rings is 1. The fourth-order valence-corrected chi connectivity index (χ4v) is 8.98. The highest BCUT2D eigenvalue weighted by molar-refractivity contribution is 5.51. The first kappa shape index (κ1) is 26.9. The largest absolute Gasteiger partial charge is 0.512 e. The Morgan fingerprint density at radius 3 is 2.74 bits per heavy atom. The van der Waals surface area contributed by atoms with Gasteiger partial charge >= 0.3 is 6.18 Å². The lowest BCUT2D eigenvalue weighted by molar-refractivity contribution is -0.137. The van der Waals surface area contributed by atoms with Gasteiger partial charge in [-0.25, -0.2) is 4.98 Å². The third kappa shape index (κ3) is 4.34. The van der Waals surface area contributed by atoms with Crippen LogP contribution in [0.3, 0.4) is 0 Å². The highest BCUT2D eigenvalue weighted by Crippen LogP contribution is 2.71. The molecular weight excluding hydrogens is 499 g/mol. The molecule has 5 unspecified atom stereocenters. The predicted molar refractivity (Wildman–Crippen MR) is 148 cm³/mol. The number of aromatic nitrogens is 1. The number of aliphatic hydroxyl groups excluding tert-OH is 1. The molecule has 5 atom stereocenters. The lowest BCUT2D eigenvalue weighted by Crippen LogP contribution is -2.64. The molecule has 0 amide bonds. The van der Waals surface area contributed by atoms with E-state index in [1.165, 1.54) is 42.8 Å². The van der Waals surface area contributed by atoms with Crippen LogP contribution in [0.25, 0.3) is 0 Å². The zero-order valence-corrected chi connectivity index (χ0v) is 23.5. The van der Waals surface area contributed by atoms with Crippen LogP contribution in [-0.2, 0) is 6.18 Å². The van der Waals surface area contributed by atoms with Crippen LogP contribution in [0.5, 0.6) is 0 Å². The van der Waals surface area contributed by atoms with Gasteiger partial charge in [-0.15, -0.1) is 0 Å². The van der Waals surface area contributed by atoms with Gasteiger partial charge in [0, 0.05) is 43.7 Å². The SMILES string of the molecule is CCCC(C1CCC2(C)C3CC4=C(C=C(O)CC=C4)C12CCN3CC1CC1)N(C)c1cc(C(F)(F)F)ccn1. The Morgan fingerprint density at radius 2 is 2.03 bits per heavy atom. The summed E-state index contributed by atoms with van der Waals surface area (Å²) in [5.74, 6) is 1.89. The second kappa shape index (κ2) is 9.67. The quantitative estimate of drug-likeness (QED) is 0.384. The van der Waals surface area contributed by atoms with Crippen molar-refractivity contribution in [2.24, 2.45) is 22.7 Å². The van der Waals surface area contributed by atoms with Gasteiger partial charge in [0.15, 0.2) is 0 Å². The monoisotopic (exact) mass is 541 g/mol. The number of aliphatic hydroxyl groups is 1. The Hall–Kier alpha value is -2.28. The maximum atomic E-state index is 13.6. The molecule has 1 aromatic rings. The number of halogens is 3. The molecule has 1 N–H and O–H groups in total. The molecular formula is C32H42F3N3O. The van der Waals surface area contributed by atoms with Crippen LogP contribution < -0.4 is 4.90 Å². The summed E-state index contributed by atoms with van der Waals surface area (Å²) in [4.78, 5) is 9.25. The number of rotatable bonds is 7. The summed E-state index contributed by atoms with van der Waals surface area (Å²) >= 11 is 0. The normalized spacial score (nSPS) is 33.3. The number of alkyl halides is 3. The first-order valence-corrected chi connectivity index (χ1v) is 14.9. The van der Waals surface area contributed by atoms with E-state index in [9.17, 15) is 18.3 Å². The van der Waals surface area contributed by atoms with Crippen LogP contribution in [-0.4, -0.2) is 47.2 Å². The van der Waals surface area contributed by atoms with E-state index in [-0.39, 0.29) is 22.8 Å². The van der Waals surface area contributed by atoms with Crippen LogP contribution in [0, 0.1) is 22.7 Å². The Morgan fingerprint density at radius 1 is 1.23 bits per heavy atom. The lowest BCUT2D eigenvalue weighted by Gasteiger charge is -2.63. The van der Waals surface area contributed by atoms with Crippen molar-refractivity contribution in [3.8, 4) is 0 Å². The molecule has 6 rings (SSSR count). The number of likely N-dealkylation sites (tertiary alicyclic amines) is 1. The number of allylic oxidation sites excluding steroid dienone is 4. The zero-order chi connectivity index (χ0) is 27.6. The van der Waals surface area contributed by atoms with Gasteiger partial charge in [0.2, 0.25) is 0 Å². The van der Waals surface area contributed by atoms with Crippen molar-refractivity contribution in [2.45, 2.75) is 89.9 Å². The molecule has 0 spiro atoms. The van der Waals surface area contributed by atoms with Gasteiger partial charge in [0.1, 0.15) is 5.82 Å². The van der Waals surface area contributed by atoms with Crippen molar-refractivity contribution >= 4 is 5.82 Å². The molecule has 1 aliphatic heterocycles. The van der Waals surface area contributed by atoms with E-state index < -0.39 is 11.7 Å². The van der Waals surface area contributed by atoms with E-state index in [1.54, 1.807) is 0 Å². The predicted octanol–water partition coefficient (Wildman–Crippen LogP) is 7.69. The highest BCUT2D eigenvalue weighted by Gasteiger charge is 2.68. The van der Waals surface area contributed by atoms with E-state index in [0.717, 1.165) is 57.1 Å². The Bertz CT molecular complexity index is 1200. The number of hydrogen-bond donors (Lipinski definition) is 1. The molecule has 212 valence electrons. The first-order valence-electron chi connectivity index (χ1n) is 14.9. The van der Waals surface area contributed by atoms with Crippen molar-refractivity contribution in [2.75, 3.05) is 25.0 Å².